The zero-order valence-corrected chi connectivity index (χ0v) is 22.9. The summed E-state index contributed by atoms with van der Waals surface area (Å²) >= 11 is 0. The van der Waals surface area contributed by atoms with Crippen LogP contribution in [0, 0.1) is 11.3 Å². The Morgan fingerprint density at radius 1 is 1.10 bits per heavy atom. The number of esters is 2. The van der Waals surface area contributed by atoms with Gasteiger partial charge in [0.05, 0.1) is 24.4 Å². The van der Waals surface area contributed by atoms with E-state index in [1.807, 2.05) is 0 Å². The molecular weight excluding hydrogens is 508 g/mol. The summed E-state index contributed by atoms with van der Waals surface area (Å²) in [4.78, 5) is 38.9. The van der Waals surface area contributed by atoms with Crippen molar-refractivity contribution < 1.29 is 49.0 Å². The minimum atomic E-state index is -2.03. The van der Waals surface area contributed by atoms with E-state index in [4.69, 9.17) is 14.2 Å². The lowest BCUT2D eigenvalue weighted by atomic mass is 9.55. The zero-order chi connectivity index (χ0) is 28.9. The first-order valence-electron chi connectivity index (χ1n) is 13.2. The van der Waals surface area contributed by atoms with Crippen LogP contribution in [0.25, 0.3) is 0 Å². The maximum absolute atomic E-state index is 13.4. The summed E-state index contributed by atoms with van der Waals surface area (Å²) in [5.74, 6) is -2.99. The van der Waals surface area contributed by atoms with Gasteiger partial charge in [0.1, 0.15) is 23.9 Å². The van der Waals surface area contributed by atoms with E-state index < -0.39 is 77.2 Å². The zero-order valence-electron chi connectivity index (χ0n) is 22.9. The Bertz CT molecular complexity index is 1160. The van der Waals surface area contributed by atoms with Crippen molar-refractivity contribution >= 4 is 17.7 Å². The number of aliphatic hydroxyl groups excluding tert-OH is 3. The summed E-state index contributed by atoms with van der Waals surface area (Å²) in [6.45, 7) is 7.58. The van der Waals surface area contributed by atoms with Crippen LogP contribution in [0.3, 0.4) is 0 Å². The Kier molecular flexibility index (Phi) is 7.83. The molecule has 0 amide bonds. The van der Waals surface area contributed by atoms with Crippen molar-refractivity contribution in [1.29, 1.82) is 0 Å². The van der Waals surface area contributed by atoms with Crippen LogP contribution in [0.1, 0.15) is 64.2 Å². The highest BCUT2D eigenvalue weighted by Gasteiger charge is 2.66. The van der Waals surface area contributed by atoms with Gasteiger partial charge in [0.25, 0.3) is 0 Å². The highest BCUT2D eigenvalue weighted by molar-refractivity contribution is 5.89. The molecule has 2 bridgehead atoms. The molecule has 1 aromatic carbocycles. The van der Waals surface area contributed by atoms with Crippen molar-refractivity contribution in [1.82, 2.24) is 0 Å². The topological polar surface area (TPSA) is 160 Å². The van der Waals surface area contributed by atoms with Crippen LogP contribution >= 0.6 is 0 Å². The van der Waals surface area contributed by atoms with E-state index in [9.17, 15) is 34.8 Å². The molecular formula is C29H38O10. The molecule has 1 aliphatic heterocycles. The van der Waals surface area contributed by atoms with Gasteiger partial charge in [-0.1, -0.05) is 39.0 Å². The fourth-order valence-corrected chi connectivity index (χ4v) is 6.61. The Balaban J connectivity index is 1.93. The Hall–Kier alpha value is -2.63. The van der Waals surface area contributed by atoms with Crippen molar-refractivity contribution in [3.05, 3.63) is 47.0 Å². The molecule has 3 aliphatic rings. The fraction of sp³-hybridized carbons (Fsp3) is 0.621. The molecule has 4 N–H and O–H groups in total. The van der Waals surface area contributed by atoms with Crippen molar-refractivity contribution in [2.45, 2.75) is 95.6 Å². The van der Waals surface area contributed by atoms with Gasteiger partial charge in [0.15, 0.2) is 11.4 Å². The highest BCUT2D eigenvalue weighted by Crippen LogP contribution is 2.55. The number of hydrogen-bond donors (Lipinski definition) is 4. The molecule has 214 valence electrons. The molecule has 8 atom stereocenters. The predicted molar refractivity (Wildman–Crippen MR) is 137 cm³/mol. The number of ketones is 1. The number of hydrogen-bond acceptors (Lipinski definition) is 10. The van der Waals surface area contributed by atoms with Gasteiger partial charge in [-0.05, 0) is 30.2 Å². The third-order valence-electron chi connectivity index (χ3n) is 9.01. The minimum absolute atomic E-state index is 0.0948. The maximum atomic E-state index is 13.4. The molecule has 1 heterocycles. The van der Waals surface area contributed by atoms with Gasteiger partial charge in [-0.15, -0.1) is 0 Å². The van der Waals surface area contributed by atoms with Crippen LogP contribution in [-0.2, 0) is 23.8 Å². The number of Topliss-reactive ketones (excluding diaryl/α,β-unsaturated/α-hetero) is 1. The number of rotatable bonds is 3. The monoisotopic (exact) mass is 546 g/mol. The lowest BCUT2D eigenvalue weighted by Crippen LogP contribution is -2.72. The molecule has 10 nitrogen and oxygen atoms in total. The normalized spacial score (nSPS) is 38.4. The van der Waals surface area contributed by atoms with Crippen LogP contribution in [0.5, 0.6) is 0 Å². The molecule has 1 saturated carbocycles. The average molecular weight is 547 g/mol. The van der Waals surface area contributed by atoms with E-state index in [1.165, 1.54) is 6.92 Å². The largest absolute Gasteiger partial charge is 0.455 e. The first-order valence-corrected chi connectivity index (χ1v) is 13.2. The third kappa shape index (κ3) is 4.82. The van der Waals surface area contributed by atoms with Crippen molar-refractivity contribution in [2.24, 2.45) is 11.3 Å². The van der Waals surface area contributed by atoms with Gasteiger partial charge in [0, 0.05) is 37.5 Å². The maximum Gasteiger partial charge on any atom is 0.338 e. The molecule has 0 aromatic heterocycles. The van der Waals surface area contributed by atoms with Gasteiger partial charge >= 0.3 is 11.9 Å². The van der Waals surface area contributed by atoms with Crippen LogP contribution in [-0.4, -0.2) is 86.5 Å². The van der Waals surface area contributed by atoms with Gasteiger partial charge in [-0.3, -0.25) is 9.59 Å². The molecule has 2 unspecified atom stereocenters. The molecule has 39 heavy (non-hydrogen) atoms. The summed E-state index contributed by atoms with van der Waals surface area (Å²) in [5, 5.41) is 45.6. The van der Waals surface area contributed by atoms with Crippen LogP contribution in [0.4, 0.5) is 0 Å². The second-order valence-electron chi connectivity index (χ2n) is 11.7. The lowest BCUT2D eigenvalue weighted by Gasteiger charge is -2.59. The standard InChI is InChI=1S/C29H38O10/c1-15-21(33)13-29(36)25(38-26(35)18-9-7-6-8-10-18)16(2)28(39-17(3)30)14-37-22(28)12-19(31)11-20(32)24(34)23(15)27(29,4)5/h6-10,16,19,21-22,24-25,31,33-34,36H,11-14H2,1-5H3/t16?,19-,21+,22-,24?,25+,28-,29-/m1/s1. The van der Waals surface area contributed by atoms with Crippen LogP contribution in [0.15, 0.2) is 41.5 Å². The molecule has 4 rings (SSSR count). The van der Waals surface area contributed by atoms with E-state index in [0.717, 1.165) is 0 Å². The van der Waals surface area contributed by atoms with Crippen LogP contribution < -0.4 is 0 Å². The van der Waals surface area contributed by atoms with Gasteiger partial charge in [-0.2, -0.15) is 0 Å². The SMILES string of the molecule is CC(=O)O[C@@]12CO[C@@H]1C[C@H](O)CC(=O)C(O)C1=C(C)[C@@H](O)C[C@@](O)([C@@H](OC(=O)c3ccccc3)C2C)C1(C)C. The van der Waals surface area contributed by atoms with Crippen molar-refractivity contribution in [3.8, 4) is 0 Å². The van der Waals surface area contributed by atoms with E-state index in [0.29, 0.717) is 5.57 Å². The Morgan fingerprint density at radius 2 is 1.74 bits per heavy atom. The summed E-state index contributed by atoms with van der Waals surface area (Å²) in [5.41, 5.74) is -4.23. The summed E-state index contributed by atoms with van der Waals surface area (Å²) in [6.07, 6.45) is -7.32. The number of fused-ring (bicyclic) bond motifs is 3. The van der Waals surface area contributed by atoms with Crippen LogP contribution in [0.2, 0.25) is 0 Å². The quantitative estimate of drug-likeness (QED) is 0.323. The fourth-order valence-electron chi connectivity index (χ4n) is 6.61. The molecule has 0 radical (unpaired) electrons. The van der Waals surface area contributed by atoms with E-state index in [-0.39, 0.29) is 30.6 Å². The van der Waals surface area contributed by atoms with Crippen molar-refractivity contribution in [2.75, 3.05) is 6.61 Å². The Labute approximate surface area is 227 Å². The van der Waals surface area contributed by atoms with E-state index in [1.54, 1.807) is 58.0 Å². The van der Waals surface area contributed by atoms with Gasteiger partial charge in [0.2, 0.25) is 0 Å². The summed E-state index contributed by atoms with van der Waals surface area (Å²) in [7, 11) is 0. The molecule has 1 saturated heterocycles. The predicted octanol–water partition coefficient (Wildman–Crippen LogP) is 1.47. The van der Waals surface area contributed by atoms with E-state index >= 15 is 0 Å². The molecule has 0 spiro atoms. The highest BCUT2D eigenvalue weighted by atomic mass is 16.6. The first kappa shape index (κ1) is 29.4. The van der Waals surface area contributed by atoms with E-state index in [2.05, 4.69) is 0 Å². The number of ether oxygens (including phenoxy) is 3. The second-order valence-corrected chi connectivity index (χ2v) is 11.7. The molecule has 2 aliphatic carbocycles. The first-order chi connectivity index (χ1) is 18.2. The average Bonchev–Trinajstić information content (AvgIpc) is 2.86. The molecule has 1 aromatic rings. The van der Waals surface area contributed by atoms with Crippen molar-refractivity contribution in [3.63, 3.8) is 0 Å². The number of carbonyl (C=O) groups excluding carboxylic acids is 3. The third-order valence-corrected chi connectivity index (χ3v) is 9.01. The lowest BCUT2D eigenvalue weighted by molar-refractivity contribution is -0.301. The van der Waals surface area contributed by atoms with Gasteiger partial charge in [-0.25, -0.2) is 4.79 Å². The smallest absolute Gasteiger partial charge is 0.338 e. The second kappa shape index (κ2) is 10.4. The van der Waals surface area contributed by atoms with Gasteiger partial charge < -0.3 is 34.6 Å². The Morgan fingerprint density at radius 3 is 2.31 bits per heavy atom. The minimum Gasteiger partial charge on any atom is -0.455 e. The number of aliphatic hydroxyl groups is 4. The molecule has 2 fully saturated rings. The number of benzene rings is 1. The molecule has 10 heteroatoms. The number of carbonyl (C=O) groups is 3. The summed E-state index contributed by atoms with van der Waals surface area (Å²) in [6, 6.07) is 8.16. The summed E-state index contributed by atoms with van der Waals surface area (Å²) < 4.78 is 17.6.